The lowest BCUT2D eigenvalue weighted by molar-refractivity contribution is -0.385. The fraction of sp³-hybridized carbons (Fsp3) is 0.0667. The van der Waals surface area contributed by atoms with Crippen LogP contribution in [-0.2, 0) is 0 Å². The maximum Gasteiger partial charge on any atom is 0.282 e. The smallest absolute Gasteiger partial charge is 0.282 e. The summed E-state index contributed by atoms with van der Waals surface area (Å²) < 4.78 is 0. The lowest BCUT2D eigenvalue weighted by Gasteiger charge is -2.06. The number of nitro benzene ring substituents is 1. The molecule has 118 valence electrons. The summed E-state index contributed by atoms with van der Waals surface area (Å²) in [6.45, 7) is 1.53. The number of aromatic hydroxyl groups is 2. The molecule has 8 nitrogen and oxygen atoms in total. The molecule has 3 N–H and O–H groups in total. The van der Waals surface area contributed by atoms with Gasteiger partial charge in [0.15, 0.2) is 0 Å². The van der Waals surface area contributed by atoms with Crippen LogP contribution in [0.4, 0.5) is 5.69 Å². The minimum atomic E-state index is -0.741. The van der Waals surface area contributed by atoms with E-state index in [-0.39, 0.29) is 28.5 Å². The van der Waals surface area contributed by atoms with E-state index in [0.29, 0.717) is 5.56 Å². The fourth-order valence-corrected chi connectivity index (χ4v) is 1.91. The average molecular weight is 315 g/mol. The van der Waals surface area contributed by atoms with E-state index < -0.39 is 10.8 Å². The molecular formula is C15H13N3O5. The summed E-state index contributed by atoms with van der Waals surface area (Å²) in [6, 6.07) is 9.42. The Hall–Kier alpha value is -3.42. The maximum atomic E-state index is 12.0. The van der Waals surface area contributed by atoms with E-state index in [0.717, 1.165) is 6.07 Å². The topological polar surface area (TPSA) is 125 Å². The zero-order valence-corrected chi connectivity index (χ0v) is 12.1. The summed E-state index contributed by atoms with van der Waals surface area (Å²) in [7, 11) is 0. The van der Waals surface area contributed by atoms with Gasteiger partial charge in [0, 0.05) is 17.7 Å². The van der Waals surface area contributed by atoms with E-state index in [4.69, 9.17) is 0 Å². The van der Waals surface area contributed by atoms with Crippen molar-refractivity contribution in [1.29, 1.82) is 0 Å². The number of nitrogens with zero attached hydrogens (tertiary/aromatic N) is 2. The van der Waals surface area contributed by atoms with Crippen molar-refractivity contribution in [2.45, 2.75) is 6.92 Å². The summed E-state index contributed by atoms with van der Waals surface area (Å²) in [5.74, 6) is -1.05. The van der Waals surface area contributed by atoms with E-state index >= 15 is 0 Å². The average Bonchev–Trinajstić information content (AvgIpc) is 2.52. The van der Waals surface area contributed by atoms with E-state index in [1.807, 2.05) is 0 Å². The molecule has 23 heavy (non-hydrogen) atoms. The highest BCUT2D eigenvalue weighted by Gasteiger charge is 2.18. The highest BCUT2D eigenvalue weighted by Crippen LogP contribution is 2.23. The molecule has 0 fully saturated rings. The zero-order chi connectivity index (χ0) is 17.0. The highest BCUT2D eigenvalue weighted by molar-refractivity contribution is 6.03. The van der Waals surface area contributed by atoms with Crippen LogP contribution in [0.25, 0.3) is 0 Å². The van der Waals surface area contributed by atoms with Crippen LogP contribution in [0, 0.1) is 10.1 Å². The number of para-hydroxylation sites is 1. The van der Waals surface area contributed by atoms with Crippen molar-refractivity contribution in [2.75, 3.05) is 0 Å². The Morgan fingerprint density at radius 3 is 2.52 bits per heavy atom. The number of phenols is 2. The Kier molecular flexibility index (Phi) is 4.55. The van der Waals surface area contributed by atoms with E-state index in [1.165, 1.54) is 43.3 Å². The summed E-state index contributed by atoms with van der Waals surface area (Å²) >= 11 is 0. The van der Waals surface area contributed by atoms with Gasteiger partial charge in [0.25, 0.3) is 11.6 Å². The van der Waals surface area contributed by atoms with Crippen LogP contribution >= 0.6 is 0 Å². The van der Waals surface area contributed by atoms with Crippen molar-refractivity contribution in [2.24, 2.45) is 5.10 Å². The molecule has 0 aromatic heterocycles. The molecule has 8 heteroatoms. The number of nitro groups is 1. The van der Waals surface area contributed by atoms with Crippen molar-refractivity contribution in [3.63, 3.8) is 0 Å². The second-order valence-electron chi connectivity index (χ2n) is 4.61. The van der Waals surface area contributed by atoms with Crippen LogP contribution in [0.3, 0.4) is 0 Å². The Morgan fingerprint density at radius 2 is 1.87 bits per heavy atom. The number of amides is 1. The number of carbonyl (C=O) groups excluding carboxylic acids is 1. The summed E-state index contributed by atoms with van der Waals surface area (Å²) in [6.07, 6.45) is 0. The Morgan fingerprint density at radius 1 is 1.17 bits per heavy atom. The summed E-state index contributed by atoms with van der Waals surface area (Å²) in [5.41, 5.74) is 2.34. The minimum Gasteiger partial charge on any atom is -0.508 e. The molecule has 0 aliphatic rings. The second kappa shape index (κ2) is 6.56. The minimum absolute atomic E-state index is 0.108. The van der Waals surface area contributed by atoms with Crippen molar-refractivity contribution < 1.29 is 19.9 Å². The third kappa shape index (κ3) is 3.62. The molecule has 0 bridgehead atoms. The van der Waals surface area contributed by atoms with Gasteiger partial charge in [0.1, 0.15) is 17.1 Å². The lowest BCUT2D eigenvalue weighted by Crippen LogP contribution is -2.20. The normalized spacial score (nSPS) is 11.1. The molecule has 0 aliphatic carbocycles. The number of carbonyl (C=O) groups is 1. The predicted octanol–water partition coefficient (Wildman–Crippen LogP) is 2.16. The lowest BCUT2D eigenvalue weighted by atomic mass is 10.1. The second-order valence-corrected chi connectivity index (χ2v) is 4.61. The van der Waals surface area contributed by atoms with Crippen molar-refractivity contribution in [3.8, 4) is 11.5 Å². The fourth-order valence-electron chi connectivity index (χ4n) is 1.91. The first-order valence-corrected chi connectivity index (χ1v) is 6.50. The molecule has 0 saturated carbocycles. The maximum absolute atomic E-state index is 12.0. The quantitative estimate of drug-likeness (QED) is 0.453. The first kappa shape index (κ1) is 16.0. The van der Waals surface area contributed by atoms with Gasteiger partial charge in [-0.25, -0.2) is 5.43 Å². The molecule has 0 saturated heterocycles. The van der Waals surface area contributed by atoms with Gasteiger partial charge in [-0.15, -0.1) is 0 Å². The third-order valence-electron chi connectivity index (χ3n) is 3.04. The van der Waals surface area contributed by atoms with Crippen molar-refractivity contribution in [1.82, 2.24) is 5.43 Å². The highest BCUT2D eigenvalue weighted by atomic mass is 16.6. The van der Waals surface area contributed by atoms with Crippen LogP contribution in [-0.4, -0.2) is 26.8 Å². The first-order chi connectivity index (χ1) is 10.9. The van der Waals surface area contributed by atoms with E-state index in [1.54, 1.807) is 0 Å². The van der Waals surface area contributed by atoms with Gasteiger partial charge in [0.2, 0.25) is 0 Å². The summed E-state index contributed by atoms with van der Waals surface area (Å²) in [4.78, 5) is 22.3. The first-order valence-electron chi connectivity index (χ1n) is 6.50. The Balaban J connectivity index is 2.22. The van der Waals surface area contributed by atoms with Gasteiger partial charge in [-0.1, -0.05) is 12.1 Å². The van der Waals surface area contributed by atoms with Gasteiger partial charge < -0.3 is 10.2 Å². The number of rotatable bonds is 4. The Labute approximate surface area is 130 Å². The summed E-state index contributed by atoms with van der Waals surface area (Å²) in [5, 5.41) is 33.7. The molecule has 2 aromatic carbocycles. The number of nitrogens with one attached hydrogen (secondary N) is 1. The number of phenolic OH excluding ortho intramolecular Hbond substituents is 2. The van der Waals surface area contributed by atoms with E-state index in [2.05, 4.69) is 10.5 Å². The molecule has 0 unspecified atom stereocenters. The number of hydrogen-bond donors (Lipinski definition) is 3. The van der Waals surface area contributed by atoms with Crippen LogP contribution in [0.2, 0.25) is 0 Å². The molecule has 2 rings (SSSR count). The third-order valence-corrected chi connectivity index (χ3v) is 3.04. The molecule has 2 aromatic rings. The van der Waals surface area contributed by atoms with Crippen LogP contribution in [0.5, 0.6) is 11.5 Å². The molecule has 0 atom stereocenters. The van der Waals surface area contributed by atoms with Crippen LogP contribution in [0.15, 0.2) is 47.6 Å². The number of hydrazone groups is 1. The molecule has 0 heterocycles. The van der Waals surface area contributed by atoms with Crippen LogP contribution < -0.4 is 5.43 Å². The van der Waals surface area contributed by atoms with E-state index in [9.17, 15) is 25.1 Å². The standard InChI is InChI=1S/C15H13N3O5/c1-9(11-7-6-10(19)8-14(11)20)16-17-15(21)12-4-2-3-5-13(12)18(22)23/h2-8,19-20H,1H3,(H,17,21)/b16-9-. The number of hydrogen-bond acceptors (Lipinski definition) is 6. The van der Waals surface area contributed by atoms with Crippen molar-refractivity contribution >= 4 is 17.3 Å². The molecule has 0 radical (unpaired) electrons. The monoisotopic (exact) mass is 315 g/mol. The Bertz CT molecular complexity index is 801. The largest absolute Gasteiger partial charge is 0.508 e. The predicted molar refractivity (Wildman–Crippen MR) is 82.5 cm³/mol. The van der Waals surface area contributed by atoms with Gasteiger partial charge in [-0.3, -0.25) is 14.9 Å². The SMILES string of the molecule is C/C(=N/NC(=O)c1ccccc1[N+](=O)[O-])c1ccc(O)cc1O. The zero-order valence-electron chi connectivity index (χ0n) is 12.1. The number of benzene rings is 2. The van der Waals surface area contributed by atoms with Gasteiger partial charge in [-0.05, 0) is 25.1 Å². The van der Waals surface area contributed by atoms with Crippen molar-refractivity contribution in [3.05, 3.63) is 63.7 Å². The molecule has 0 aliphatic heterocycles. The molecule has 1 amide bonds. The molecule has 0 spiro atoms. The van der Waals surface area contributed by atoms with Crippen LogP contribution in [0.1, 0.15) is 22.8 Å². The van der Waals surface area contributed by atoms with Gasteiger partial charge >= 0.3 is 0 Å². The van der Waals surface area contributed by atoms with Gasteiger partial charge in [0.05, 0.1) is 10.6 Å². The molecular weight excluding hydrogens is 302 g/mol. The van der Waals surface area contributed by atoms with Gasteiger partial charge in [-0.2, -0.15) is 5.10 Å².